The van der Waals surface area contributed by atoms with Crippen molar-refractivity contribution in [3.8, 4) is 5.75 Å². The molecule has 0 fully saturated rings. The molecular formula is C13H15AlNO. The molecule has 0 aliphatic rings. The van der Waals surface area contributed by atoms with Gasteiger partial charge in [0.15, 0.2) is 0 Å². The Labute approximate surface area is 102 Å². The summed E-state index contributed by atoms with van der Waals surface area (Å²) in [5.41, 5.74) is 0.961. The number of para-hydroxylation sites is 1. The highest BCUT2D eigenvalue weighted by atomic mass is 27.1. The van der Waals surface area contributed by atoms with E-state index in [1.165, 1.54) is 0 Å². The van der Waals surface area contributed by atoms with Gasteiger partial charge in [-0.25, -0.2) is 0 Å². The van der Waals surface area contributed by atoms with Gasteiger partial charge in [0.05, 0.1) is 6.61 Å². The van der Waals surface area contributed by atoms with Crippen LogP contribution < -0.4 is 4.74 Å². The van der Waals surface area contributed by atoms with E-state index in [1.807, 2.05) is 24.4 Å². The molecule has 1 heterocycles. The summed E-state index contributed by atoms with van der Waals surface area (Å²) in [4.78, 5) is 4.37. The van der Waals surface area contributed by atoms with Crippen molar-refractivity contribution in [2.75, 3.05) is 6.61 Å². The first kappa shape index (κ1) is 11.4. The fourth-order valence-corrected chi connectivity index (χ4v) is 1.80. The highest BCUT2D eigenvalue weighted by Crippen LogP contribution is 2.23. The summed E-state index contributed by atoms with van der Waals surface area (Å²) >= 11 is 0.470. The Kier molecular flexibility index (Phi) is 3.82. The SMILES string of the molecule is [CH3][Al][CH](C)COc1cccc2cccnc12. The quantitative estimate of drug-likeness (QED) is 0.750. The predicted octanol–water partition coefficient (Wildman–Crippen LogP) is 3.17. The van der Waals surface area contributed by atoms with Crippen LogP contribution in [0.2, 0.25) is 10.6 Å². The Balaban J connectivity index is 2.23. The third-order valence-electron chi connectivity index (χ3n) is 2.67. The van der Waals surface area contributed by atoms with Crippen molar-refractivity contribution in [1.82, 2.24) is 4.98 Å². The molecule has 3 heteroatoms. The van der Waals surface area contributed by atoms with Gasteiger partial charge in [-0.1, -0.05) is 29.9 Å². The number of hydrogen-bond donors (Lipinski definition) is 0. The molecule has 0 N–H and O–H groups in total. The minimum absolute atomic E-state index is 0.470. The molecule has 81 valence electrons. The van der Waals surface area contributed by atoms with E-state index < -0.39 is 0 Å². The van der Waals surface area contributed by atoms with Gasteiger partial charge in [0.2, 0.25) is 15.2 Å². The molecular weight excluding hydrogens is 213 g/mol. The van der Waals surface area contributed by atoms with Gasteiger partial charge in [0.1, 0.15) is 11.3 Å². The molecule has 2 nitrogen and oxygen atoms in total. The molecule has 0 saturated heterocycles. The maximum atomic E-state index is 5.83. The largest absolute Gasteiger partial charge is 0.492 e. The first-order valence-electron chi connectivity index (χ1n) is 5.57. The van der Waals surface area contributed by atoms with E-state index >= 15 is 0 Å². The molecule has 0 saturated carbocycles. The molecule has 0 spiro atoms. The number of fused-ring (bicyclic) bond motifs is 1. The average molecular weight is 228 g/mol. The van der Waals surface area contributed by atoms with E-state index in [2.05, 4.69) is 29.8 Å². The third-order valence-corrected chi connectivity index (χ3v) is 4.00. The van der Waals surface area contributed by atoms with Gasteiger partial charge in [-0.15, -0.1) is 5.79 Å². The lowest BCUT2D eigenvalue weighted by molar-refractivity contribution is 0.320. The normalized spacial score (nSPS) is 12.4. The molecule has 1 atom stereocenters. The topological polar surface area (TPSA) is 22.1 Å². The van der Waals surface area contributed by atoms with E-state index in [0.717, 1.165) is 23.3 Å². The third kappa shape index (κ3) is 2.55. The molecule has 1 radical (unpaired) electrons. The number of hydrogen-bond acceptors (Lipinski definition) is 2. The van der Waals surface area contributed by atoms with Crippen LogP contribution in [0, 0.1) is 0 Å². The Morgan fingerprint density at radius 1 is 1.31 bits per heavy atom. The summed E-state index contributed by atoms with van der Waals surface area (Å²) in [5.74, 6) is 3.16. The van der Waals surface area contributed by atoms with Crippen molar-refractivity contribution >= 4 is 26.1 Å². The second-order valence-electron chi connectivity index (χ2n) is 3.95. The highest BCUT2D eigenvalue weighted by Gasteiger charge is 2.05. The van der Waals surface area contributed by atoms with Gasteiger partial charge >= 0.3 is 0 Å². The lowest BCUT2D eigenvalue weighted by atomic mass is 10.2. The van der Waals surface area contributed by atoms with Crippen LogP contribution in [0.5, 0.6) is 5.75 Å². The maximum Gasteiger partial charge on any atom is 0.205 e. The Morgan fingerprint density at radius 2 is 2.12 bits per heavy atom. The zero-order valence-corrected chi connectivity index (χ0v) is 10.8. The molecule has 0 aliphatic heterocycles. The summed E-state index contributed by atoms with van der Waals surface area (Å²) < 4.78 is 6.50. The molecule has 16 heavy (non-hydrogen) atoms. The lowest BCUT2D eigenvalue weighted by Crippen LogP contribution is -2.07. The Hall–Kier alpha value is -1.04. The van der Waals surface area contributed by atoms with Crippen molar-refractivity contribution in [3.63, 3.8) is 0 Å². The number of rotatable bonds is 4. The monoisotopic (exact) mass is 228 g/mol. The lowest BCUT2D eigenvalue weighted by Gasteiger charge is -2.11. The van der Waals surface area contributed by atoms with Gasteiger partial charge in [0, 0.05) is 11.6 Å². The molecule has 0 amide bonds. The first-order valence-corrected chi connectivity index (χ1v) is 7.39. The number of nitrogens with zero attached hydrogens (tertiary/aromatic N) is 1. The molecule has 0 bridgehead atoms. The van der Waals surface area contributed by atoms with Gasteiger partial charge < -0.3 is 4.74 Å². The summed E-state index contributed by atoms with van der Waals surface area (Å²) in [6, 6.07) is 10.1. The zero-order chi connectivity index (χ0) is 11.4. The van der Waals surface area contributed by atoms with Gasteiger partial charge in [-0.05, 0) is 12.1 Å². The Bertz CT molecular complexity index is 467. The Morgan fingerprint density at radius 3 is 2.94 bits per heavy atom. The number of aromatic nitrogens is 1. The van der Waals surface area contributed by atoms with Crippen LogP contribution in [0.1, 0.15) is 6.92 Å². The average Bonchev–Trinajstić information content (AvgIpc) is 2.35. The molecule has 1 unspecified atom stereocenters. The summed E-state index contributed by atoms with van der Waals surface area (Å²) in [6.07, 6.45) is 1.81. The highest BCUT2D eigenvalue weighted by molar-refractivity contribution is 6.35. The van der Waals surface area contributed by atoms with Gasteiger partial charge in [0.25, 0.3) is 0 Å². The van der Waals surface area contributed by atoms with E-state index in [4.69, 9.17) is 4.74 Å². The van der Waals surface area contributed by atoms with Crippen molar-refractivity contribution in [3.05, 3.63) is 36.5 Å². The van der Waals surface area contributed by atoms with E-state index in [-0.39, 0.29) is 0 Å². The molecule has 1 aromatic heterocycles. The van der Waals surface area contributed by atoms with Crippen LogP contribution >= 0.6 is 0 Å². The van der Waals surface area contributed by atoms with E-state index in [9.17, 15) is 0 Å². The van der Waals surface area contributed by atoms with Crippen molar-refractivity contribution in [2.24, 2.45) is 0 Å². The molecule has 0 aliphatic carbocycles. The van der Waals surface area contributed by atoms with Crippen LogP contribution in [-0.2, 0) is 0 Å². The fraction of sp³-hybridized carbons (Fsp3) is 0.308. The minimum Gasteiger partial charge on any atom is -0.492 e. The van der Waals surface area contributed by atoms with Crippen LogP contribution in [0.4, 0.5) is 0 Å². The standard InChI is InChI=1S/C12H12NO.CH3.Al/c1-2-9-14-11-7-3-5-10-6-4-8-13-12(10)11;;/h2-8H,9H2,1H3;1H3;. The zero-order valence-electron chi connectivity index (χ0n) is 9.68. The number of benzene rings is 1. The smallest absolute Gasteiger partial charge is 0.205 e. The summed E-state index contributed by atoms with van der Waals surface area (Å²) in [7, 11) is 0. The minimum atomic E-state index is 0.470. The molecule has 2 rings (SSSR count). The number of ether oxygens (including phenoxy) is 1. The van der Waals surface area contributed by atoms with Crippen LogP contribution in [0.15, 0.2) is 36.5 Å². The predicted molar refractivity (Wildman–Crippen MR) is 68.3 cm³/mol. The first-order chi connectivity index (χ1) is 7.81. The number of pyridine rings is 1. The second kappa shape index (κ2) is 5.34. The van der Waals surface area contributed by atoms with E-state index in [0.29, 0.717) is 20.0 Å². The van der Waals surface area contributed by atoms with Crippen LogP contribution in [0.3, 0.4) is 0 Å². The van der Waals surface area contributed by atoms with Crippen LogP contribution in [-0.4, -0.2) is 26.8 Å². The summed E-state index contributed by atoms with van der Waals surface area (Å²) in [6.45, 7) is 3.02. The van der Waals surface area contributed by atoms with Crippen molar-refractivity contribution < 1.29 is 4.74 Å². The molecule has 2 aromatic rings. The summed E-state index contributed by atoms with van der Waals surface area (Å²) in [5, 5.41) is 1.14. The second-order valence-corrected chi connectivity index (χ2v) is 5.76. The maximum absolute atomic E-state index is 5.83. The van der Waals surface area contributed by atoms with Crippen LogP contribution in [0.25, 0.3) is 10.9 Å². The fourth-order valence-electron chi connectivity index (χ4n) is 1.51. The molecule has 1 aromatic carbocycles. The van der Waals surface area contributed by atoms with Crippen molar-refractivity contribution in [2.45, 2.75) is 17.5 Å². The van der Waals surface area contributed by atoms with Gasteiger partial charge in [-0.3, -0.25) is 4.98 Å². The van der Waals surface area contributed by atoms with Gasteiger partial charge in [-0.2, -0.15) is 0 Å². The van der Waals surface area contributed by atoms with Crippen molar-refractivity contribution in [1.29, 1.82) is 0 Å². The van der Waals surface area contributed by atoms with E-state index in [1.54, 1.807) is 0 Å².